The van der Waals surface area contributed by atoms with Gasteiger partial charge in [-0.2, -0.15) is 0 Å². The molecule has 1 aromatic rings. The number of aliphatic hydroxyl groups is 1. The molecule has 2 rings (SSSR count). The number of methoxy groups -OCH3 is 1. The summed E-state index contributed by atoms with van der Waals surface area (Å²) in [6.45, 7) is 4.28. The normalized spacial score (nSPS) is 23.3. The molecule has 0 radical (unpaired) electrons. The fourth-order valence-electron chi connectivity index (χ4n) is 2.19. The SMILES string of the molecule is COc1cc(Cl)c(C(O)C2CC2(C)C)cc1Cl. The predicted octanol–water partition coefficient (Wildman–Crippen LogP) is 4.08. The number of ether oxygens (including phenoxy) is 1. The van der Waals surface area contributed by atoms with Crippen LogP contribution in [0.4, 0.5) is 0 Å². The van der Waals surface area contributed by atoms with Crippen LogP contribution in [0.15, 0.2) is 12.1 Å². The van der Waals surface area contributed by atoms with E-state index in [4.69, 9.17) is 27.9 Å². The Hall–Kier alpha value is -0.440. The van der Waals surface area contributed by atoms with Gasteiger partial charge in [-0.05, 0) is 23.8 Å². The molecule has 0 aliphatic heterocycles. The summed E-state index contributed by atoms with van der Waals surface area (Å²) < 4.78 is 5.08. The Bertz CT molecular complexity index is 443. The van der Waals surface area contributed by atoms with Crippen LogP contribution in [0.3, 0.4) is 0 Å². The summed E-state index contributed by atoms with van der Waals surface area (Å²) in [4.78, 5) is 0. The van der Waals surface area contributed by atoms with Gasteiger partial charge in [0.2, 0.25) is 0 Å². The van der Waals surface area contributed by atoms with Crippen molar-refractivity contribution in [2.45, 2.75) is 26.4 Å². The average Bonchev–Trinajstić information content (AvgIpc) is 2.89. The highest BCUT2D eigenvalue weighted by atomic mass is 35.5. The Morgan fingerprint density at radius 1 is 1.35 bits per heavy atom. The van der Waals surface area contributed by atoms with Crippen LogP contribution in [0.1, 0.15) is 31.9 Å². The number of aliphatic hydroxyl groups excluding tert-OH is 1. The van der Waals surface area contributed by atoms with Crippen molar-refractivity contribution in [2.24, 2.45) is 11.3 Å². The predicted molar refractivity (Wildman–Crippen MR) is 69.9 cm³/mol. The van der Waals surface area contributed by atoms with Crippen LogP contribution in [0.5, 0.6) is 5.75 Å². The van der Waals surface area contributed by atoms with Crippen molar-refractivity contribution in [2.75, 3.05) is 7.11 Å². The lowest BCUT2D eigenvalue weighted by Gasteiger charge is -2.16. The summed E-state index contributed by atoms with van der Waals surface area (Å²) >= 11 is 12.2. The molecule has 0 aromatic heterocycles. The van der Waals surface area contributed by atoms with E-state index in [-0.39, 0.29) is 11.3 Å². The Labute approximate surface area is 111 Å². The van der Waals surface area contributed by atoms with Gasteiger partial charge in [0.25, 0.3) is 0 Å². The molecule has 0 bridgehead atoms. The second-order valence-corrected chi connectivity index (χ2v) is 6.07. The first-order valence-electron chi connectivity index (χ1n) is 5.58. The second kappa shape index (κ2) is 4.34. The summed E-state index contributed by atoms with van der Waals surface area (Å²) in [5.41, 5.74) is 0.878. The third kappa shape index (κ3) is 2.40. The first kappa shape index (κ1) is 13.0. The van der Waals surface area contributed by atoms with Gasteiger partial charge in [-0.3, -0.25) is 0 Å². The molecule has 4 heteroatoms. The lowest BCUT2D eigenvalue weighted by atomic mass is 9.99. The molecule has 2 nitrogen and oxygen atoms in total. The lowest BCUT2D eigenvalue weighted by Crippen LogP contribution is -2.05. The van der Waals surface area contributed by atoms with E-state index in [1.54, 1.807) is 12.1 Å². The molecule has 2 atom stereocenters. The fraction of sp³-hybridized carbons (Fsp3) is 0.538. The third-order valence-corrected chi connectivity index (χ3v) is 4.18. The van der Waals surface area contributed by atoms with Crippen molar-refractivity contribution in [3.63, 3.8) is 0 Å². The van der Waals surface area contributed by atoms with Crippen LogP contribution in [0, 0.1) is 11.3 Å². The summed E-state index contributed by atoms with van der Waals surface area (Å²) in [6, 6.07) is 3.35. The summed E-state index contributed by atoms with van der Waals surface area (Å²) in [7, 11) is 1.54. The van der Waals surface area contributed by atoms with Gasteiger partial charge in [-0.1, -0.05) is 37.0 Å². The van der Waals surface area contributed by atoms with Crippen LogP contribution in [-0.4, -0.2) is 12.2 Å². The molecule has 1 N–H and O–H groups in total. The second-order valence-electron chi connectivity index (χ2n) is 5.25. The van der Waals surface area contributed by atoms with Gasteiger partial charge >= 0.3 is 0 Å². The minimum absolute atomic E-state index is 0.190. The van der Waals surface area contributed by atoms with Crippen LogP contribution in [0.2, 0.25) is 10.0 Å². The van der Waals surface area contributed by atoms with E-state index in [9.17, 15) is 5.11 Å². The number of rotatable bonds is 3. The van der Waals surface area contributed by atoms with E-state index < -0.39 is 6.10 Å². The highest BCUT2D eigenvalue weighted by Gasteiger charge is 2.50. The number of hydrogen-bond acceptors (Lipinski definition) is 2. The molecule has 0 saturated heterocycles. The Morgan fingerprint density at radius 2 is 1.94 bits per heavy atom. The molecular weight excluding hydrogens is 259 g/mol. The maximum atomic E-state index is 10.3. The molecule has 94 valence electrons. The minimum atomic E-state index is -0.555. The molecule has 1 fully saturated rings. The van der Waals surface area contributed by atoms with E-state index in [0.717, 1.165) is 6.42 Å². The summed E-state index contributed by atoms with van der Waals surface area (Å²) in [5, 5.41) is 11.3. The van der Waals surface area contributed by atoms with Crippen LogP contribution in [-0.2, 0) is 0 Å². The van der Waals surface area contributed by atoms with Gasteiger partial charge in [0.15, 0.2) is 0 Å². The minimum Gasteiger partial charge on any atom is -0.495 e. The topological polar surface area (TPSA) is 29.5 Å². The first-order chi connectivity index (χ1) is 7.86. The number of halogens is 2. The molecule has 0 spiro atoms. The van der Waals surface area contributed by atoms with E-state index in [1.807, 2.05) is 0 Å². The van der Waals surface area contributed by atoms with Crippen molar-refractivity contribution < 1.29 is 9.84 Å². The molecule has 1 aliphatic carbocycles. The van der Waals surface area contributed by atoms with Crippen LogP contribution < -0.4 is 4.74 Å². The van der Waals surface area contributed by atoms with E-state index in [1.165, 1.54) is 7.11 Å². The molecule has 2 unspecified atom stereocenters. The van der Waals surface area contributed by atoms with Crippen molar-refractivity contribution in [3.05, 3.63) is 27.7 Å². The molecule has 17 heavy (non-hydrogen) atoms. The number of benzene rings is 1. The third-order valence-electron chi connectivity index (χ3n) is 3.56. The van der Waals surface area contributed by atoms with Gasteiger partial charge in [-0.15, -0.1) is 0 Å². The first-order valence-corrected chi connectivity index (χ1v) is 6.33. The average molecular weight is 275 g/mol. The van der Waals surface area contributed by atoms with Crippen molar-refractivity contribution >= 4 is 23.2 Å². The van der Waals surface area contributed by atoms with Crippen molar-refractivity contribution in [1.29, 1.82) is 0 Å². The highest BCUT2D eigenvalue weighted by Crippen LogP contribution is 2.58. The zero-order valence-electron chi connectivity index (χ0n) is 10.1. The zero-order valence-corrected chi connectivity index (χ0v) is 11.6. The Kier molecular flexibility index (Phi) is 3.32. The van der Waals surface area contributed by atoms with E-state index in [2.05, 4.69) is 13.8 Å². The lowest BCUT2D eigenvalue weighted by molar-refractivity contribution is 0.138. The standard InChI is InChI=1S/C13H16Cl2O2/c1-13(2)6-8(13)12(16)7-4-10(15)11(17-3)5-9(7)14/h4-5,8,12,16H,6H2,1-3H3. The fourth-order valence-corrected chi connectivity index (χ4v) is 2.71. The molecule has 1 aromatic carbocycles. The number of hydrogen-bond donors (Lipinski definition) is 1. The molecule has 0 amide bonds. The molecule has 1 aliphatic rings. The van der Waals surface area contributed by atoms with E-state index >= 15 is 0 Å². The van der Waals surface area contributed by atoms with Crippen molar-refractivity contribution in [3.8, 4) is 5.75 Å². The smallest absolute Gasteiger partial charge is 0.138 e. The Balaban J connectivity index is 2.30. The maximum Gasteiger partial charge on any atom is 0.138 e. The van der Waals surface area contributed by atoms with Crippen molar-refractivity contribution in [1.82, 2.24) is 0 Å². The van der Waals surface area contributed by atoms with Gasteiger partial charge in [-0.25, -0.2) is 0 Å². The van der Waals surface area contributed by atoms with Gasteiger partial charge in [0, 0.05) is 11.6 Å². The van der Waals surface area contributed by atoms with Gasteiger partial charge < -0.3 is 9.84 Å². The van der Waals surface area contributed by atoms with Crippen LogP contribution in [0.25, 0.3) is 0 Å². The highest BCUT2D eigenvalue weighted by molar-refractivity contribution is 6.34. The zero-order chi connectivity index (χ0) is 12.8. The van der Waals surface area contributed by atoms with Gasteiger partial charge in [0.05, 0.1) is 23.3 Å². The Morgan fingerprint density at radius 3 is 2.41 bits per heavy atom. The molecule has 1 saturated carbocycles. The maximum absolute atomic E-state index is 10.3. The quantitative estimate of drug-likeness (QED) is 0.900. The summed E-state index contributed by atoms with van der Waals surface area (Å²) in [6.07, 6.45) is 0.453. The van der Waals surface area contributed by atoms with Gasteiger partial charge in [0.1, 0.15) is 5.75 Å². The largest absolute Gasteiger partial charge is 0.495 e. The molecular formula is C13H16Cl2O2. The van der Waals surface area contributed by atoms with E-state index in [0.29, 0.717) is 21.4 Å². The monoisotopic (exact) mass is 274 g/mol. The summed E-state index contributed by atoms with van der Waals surface area (Å²) in [5.74, 6) is 0.784. The molecule has 0 heterocycles. The van der Waals surface area contributed by atoms with Crippen LogP contribution >= 0.6 is 23.2 Å².